The summed E-state index contributed by atoms with van der Waals surface area (Å²) in [6.07, 6.45) is 0. The number of para-hydroxylation sites is 2. The molecule has 1 fully saturated rings. The third-order valence-corrected chi connectivity index (χ3v) is 6.93. The quantitative estimate of drug-likeness (QED) is 0.773. The monoisotopic (exact) mass is 421 g/mol. The number of hydrogen-bond acceptors (Lipinski definition) is 5. The van der Waals surface area contributed by atoms with Gasteiger partial charge in [0.1, 0.15) is 11.6 Å². The maximum Gasteiger partial charge on any atom is 0.243 e. The second-order valence-electron chi connectivity index (χ2n) is 6.76. The molecule has 0 unspecified atom stereocenters. The van der Waals surface area contributed by atoms with Gasteiger partial charge in [0.2, 0.25) is 15.9 Å². The Bertz CT molecular complexity index is 958. The normalized spacial score (nSPS) is 16.9. The number of halogens is 1. The number of nitrogens with one attached hydrogen (secondary N) is 1. The minimum Gasteiger partial charge on any atom is -0.495 e. The molecule has 1 aliphatic rings. The van der Waals surface area contributed by atoms with Crippen LogP contribution in [0.15, 0.2) is 53.4 Å². The Morgan fingerprint density at radius 1 is 1.07 bits per heavy atom. The lowest BCUT2D eigenvalue weighted by Gasteiger charge is -2.36. The Morgan fingerprint density at radius 2 is 1.69 bits per heavy atom. The second kappa shape index (κ2) is 8.89. The smallest absolute Gasteiger partial charge is 0.243 e. The third-order valence-electron chi connectivity index (χ3n) is 5.02. The fourth-order valence-corrected chi connectivity index (χ4v) is 4.66. The van der Waals surface area contributed by atoms with Crippen LogP contribution in [0.3, 0.4) is 0 Å². The Labute approximate surface area is 170 Å². The number of hydrogen-bond donors (Lipinski definition) is 1. The molecule has 2 aromatic carbocycles. The molecule has 156 valence electrons. The van der Waals surface area contributed by atoms with E-state index in [1.165, 1.54) is 23.5 Å². The number of carbonyl (C=O) groups excluding carboxylic acids is 1. The molecule has 2 aromatic rings. The molecule has 1 atom stereocenters. The van der Waals surface area contributed by atoms with Crippen LogP contribution in [0.2, 0.25) is 0 Å². The SMILES string of the molecule is COc1ccccc1NC(=O)[C@H](C)N1CCN(S(=O)(=O)c2ccc(F)cc2)CC1. The molecular weight excluding hydrogens is 397 g/mol. The average Bonchev–Trinajstić information content (AvgIpc) is 2.74. The summed E-state index contributed by atoms with van der Waals surface area (Å²) in [5.41, 5.74) is 0.587. The van der Waals surface area contributed by atoms with Crippen molar-refractivity contribution in [1.82, 2.24) is 9.21 Å². The van der Waals surface area contributed by atoms with E-state index in [4.69, 9.17) is 4.74 Å². The Morgan fingerprint density at radius 3 is 2.31 bits per heavy atom. The summed E-state index contributed by atoms with van der Waals surface area (Å²) in [4.78, 5) is 14.6. The highest BCUT2D eigenvalue weighted by atomic mass is 32.2. The third kappa shape index (κ3) is 4.75. The van der Waals surface area contributed by atoms with Crippen LogP contribution in [0.5, 0.6) is 5.75 Å². The van der Waals surface area contributed by atoms with E-state index in [0.29, 0.717) is 24.5 Å². The fraction of sp³-hybridized carbons (Fsp3) is 0.350. The van der Waals surface area contributed by atoms with Crippen molar-refractivity contribution >= 4 is 21.6 Å². The molecule has 29 heavy (non-hydrogen) atoms. The molecule has 1 saturated heterocycles. The van der Waals surface area contributed by atoms with Crippen molar-refractivity contribution in [2.75, 3.05) is 38.6 Å². The zero-order chi connectivity index (χ0) is 21.0. The molecule has 0 saturated carbocycles. The number of methoxy groups -OCH3 is 1. The minimum atomic E-state index is -3.68. The van der Waals surface area contributed by atoms with Crippen LogP contribution >= 0.6 is 0 Å². The Balaban J connectivity index is 1.61. The number of amides is 1. The van der Waals surface area contributed by atoms with Gasteiger partial charge < -0.3 is 10.1 Å². The van der Waals surface area contributed by atoms with E-state index in [0.717, 1.165) is 12.1 Å². The van der Waals surface area contributed by atoms with Gasteiger partial charge in [-0.3, -0.25) is 9.69 Å². The number of piperazine rings is 1. The molecule has 1 amide bonds. The van der Waals surface area contributed by atoms with E-state index in [2.05, 4.69) is 5.32 Å². The molecule has 0 aliphatic carbocycles. The van der Waals surface area contributed by atoms with Crippen LogP contribution in [-0.4, -0.2) is 62.9 Å². The van der Waals surface area contributed by atoms with Crippen LogP contribution in [0, 0.1) is 5.82 Å². The number of anilines is 1. The molecule has 1 aliphatic heterocycles. The molecule has 0 bridgehead atoms. The highest BCUT2D eigenvalue weighted by molar-refractivity contribution is 7.89. The van der Waals surface area contributed by atoms with Crippen LogP contribution in [0.4, 0.5) is 10.1 Å². The largest absolute Gasteiger partial charge is 0.495 e. The van der Waals surface area contributed by atoms with E-state index in [1.807, 2.05) is 17.0 Å². The second-order valence-corrected chi connectivity index (χ2v) is 8.70. The van der Waals surface area contributed by atoms with Gasteiger partial charge in [-0.25, -0.2) is 12.8 Å². The molecule has 0 radical (unpaired) electrons. The number of nitrogens with zero attached hydrogens (tertiary/aromatic N) is 2. The number of benzene rings is 2. The van der Waals surface area contributed by atoms with Gasteiger partial charge >= 0.3 is 0 Å². The summed E-state index contributed by atoms with van der Waals surface area (Å²) in [5, 5.41) is 2.86. The number of carbonyl (C=O) groups is 1. The van der Waals surface area contributed by atoms with E-state index < -0.39 is 21.9 Å². The molecule has 7 nitrogen and oxygen atoms in total. The van der Waals surface area contributed by atoms with Gasteiger partial charge in [-0.05, 0) is 43.3 Å². The topological polar surface area (TPSA) is 79.0 Å². The molecule has 0 aromatic heterocycles. The molecule has 1 N–H and O–H groups in total. The number of sulfonamides is 1. The zero-order valence-electron chi connectivity index (χ0n) is 16.3. The first kappa shape index (κ1) is 21.2. The Kier molecular flexibility index (Phi) is 6.51. The molecule has 1 heterocycles. The van der Waals surface area contributed by atoms with Gasteiger partial charge in [0.25, 0.3) is 0 Å². The summed E-state index contributed by atoms with van der Waals surface area (Å²) in [6.45, 7) is 3.13. The van der Waals surface area contributed by atoms with Crippen LogP contribution in [0.1, 0.15) is 6.92 Å². The highest BCUT2D eigenvalue weighted by Crippen LogP contribution is 2.24. The maximum absolute atomic E-state index is 13.1. The van der Waals surface area contributed by atoms with E-state index in [1.54, 1.807) is 19.1 Å². The van der Waals surface area contributed by atoms with Crippen molar-refractivity contribution < 1.29 is 22.3 Å². The lowest BCUT2D eigenvalue weighted by atomic mass is 10.2. The molecule has 9 heteroatoms. The van der Waals surface area contributed by atoms with Gasteiger partial charge in [-0.1, -0.05) is 12.1 Å². The lowest BCUT2D eigenvalue weighted by molar-refractivity contribution is -0.121. The first-order valence-corrected chi connectivity index (χ1v) is 10.7. The van der Waals surface area contributed by atoms with Crippen molar-refractivity contribution in [3.05, 3.63) is 54.3 Å². The first-order valence-electron chi connectivity index (χ1n) is 9.26. The van der Waals surface area contributed by atoms with E-state index in [-0.39, 0.29) is 23.9 Å². The van der Waals surface area contributed by atoms with E-state index in [9.17, 15) is 17.6 Å². The Hall–Kier alpha value is -2.49. The van der Waals surface area contributed by atoms with Crippen LogP contribution < -0.4 is 10.1 Å². The van der Waals surface area contributed by atoms with Gasteiger partial charge in [0.15, 0.2) is 0 Å². The van der Waals surface area contributed by atoms with Crippen LogP contribution in [0.25, 0.3) is 0 Å². The first-order chi connectivity index (χ1) is 13.8. The van der Waals surface area contributed by atoms with Crippen molar-refractivity contribution in [3.63, 3.8) is 0 Å². The minimum absolute atomic E-state index is 0.0642. The average molecular weight is 421 g/mol. The summed E-state index contributed by atoms with van der Waals surface area (Å²) in [5.74, 6) is -0.101. The standard InChI is InChI=1S/C20H24FN3O4S/c1-15(20(25)22-18-5-3-4-6-19(18)28-2)23-11-13-24(14-12-23)29(26,27)17-9-7-16(21)8-10-17/h3-10,15H,11-14H2,1-2H3,(H,22,25)/t15-/m0/s1. The lowest BCUT2D eigenvalue weighted by Crippen LogP contribution is -2.53. The van der Waals surface area contributed by atoms with Crippen molar-refractivity contribution in [2.45, 2.75) is 17.9 Å². The van der Waals surface area contributed by atoms with Crippen molar-refractivity contribution in [2.24, 2.45) is 0 Å². The van der Waals surface area contributed by atoms with Gasteiger partial charge in [-0.2, -0.15) is 4.31 Å². The van der Waals surface area contributed by atoms with Gasteiger partial charge in [-0.15, -0.1) is 0 Å². The number of ether oxygens (including phenoxy) is 1. The predicted molar refractivity (Wildman–Crippen MR) is 108 cm³/mol. The summed E-state index contributed by atoms with van der Waals surface area (Å²) >= 11 is 0. The predicted octanol–water partition coefficient (Wildman–Crippen LogP) is 2.17. The van der Waals surface area contributed by atoms with E-state index >= 15 is 0 Å². The zero-order valence-corrected chi connectivity index (χ0v) is 17.2. The van der Waals surface area contributed by atoms with Crippen molar-refractivity contribution in [3.8, 4) is 5.75 Å². The molecular formula is C20H24FN3O4S. The summed E-state index contributed by atoms with van der Waals surface area (Å²) in [6, 6.07) is 11.5. The number of rotatable bonds is 6. The van der Waals surface area contributed by atoms with Crippen molar-refractivity contribution in [1.29, 1.82) is 0 Å². The maximum atomic E-state index is 13.1. The summed E-state index contributed by atoms with van der Waals surface area (Å²) < 4.78 is 45.1. The fourth-order valence-electron chi connectivity index (χ4n) is 3.24. The summed E-state index contributed by atoms with van der Waals surface area (Å²) in [7, 11) is -2.15. The molecule has 3 rings (SSSR count). The van der Waals surface area contributed by atoms with Gasteiger partial charge in [0.05, 0.1) is 23.7 Å². The molecule has 0 spiro atoms. The van der Waals surface area contributed by atoms with Crippen LogP contribution in [-0.2, 0) is 14.8 Å². The van der Waals surface area contributed by atoms with Gasteiger partial charge in [0, 0.05) is 26.2 Å². The highest BCUT2D eigenvalue weighted by Gasteiger charge is 2.32.